The first-order valence-electron chi connectivity index (χ1n) is 10.2. The standard InChI is InChI=1S/C22H25ClN2O5S/c1-15-20(17-7-3-2-4-8-17)22(15,21(26)27)24-31(28,29)25-11-10-19(13-25)30-14-16-6-5-9-18(23)12-16/h2-9,12,15,19-20,24H,10-11,13-14H2,1H3,(H,26,27)/t15?,19?,20-,22+/m1/s1. The van der Waals surface area contributed by atoms with E-state index in [4.69, 9.17) is 16.3 Å². The lowest BCUT2D eigenvalue weighted by molar-refractivity contribution is -0.140. The van der Waals surface area contributed by atoms with Crippen molar-refractivity contribution in [3.05, 3.63) is 70.7 Å². The number of nitrogens with one attached hydrogen (secondary N) is 1. The highest BCUT2D eigenvalue weighted by molar-refractivity contribution is 7.87. The second-order valence-electron chi connectivity index (χ2n) is 8.17. The van der Waals surface area contributed by atoms with Crippen molar-refractivity contribution >= 4 is 27.8 Å². The number of hydrogen-bond acceptors (Lipinski definition) is 4. The number of carboxylic acid groups (broad SMARTS) is 1. The molecule has 0 bridgehead atoms. The molecule has 2 fully saturated rings. The van der Waals surface area contributed by atoms with Crippen molar-refractivity contribution in [2.45, 2.75) is 37.5 Å². The van der Waals surface area contributed by atoms with Crippen LogP contribution in [0.3, 0.4) is 0 Å². The van der Waals surface area contributed by atoms with E-state index in [1.54, 1.807) is 19.1 Å². The largest absolute Gasteiger partial charge is 0.480 e. The number of aliphatic carboxylic acids is 1. The second kappa shape index (κ2) is 8.52. The minimum atomic E-state index is -4.00. The summed E-state index contributed by atoms with van der Waals surface area (Å²) < 4.78 is 35.8. The van der Waals surface area contributed by atoms with Crippen LogP contribution in [0.1, 0.15) is 30.4 Å². The van der Waals surface area contributed by atoms with Gasteiger partial charge >= 0.3 is 5.97 Å². The quantitative estimate of drug-likeness (QED) is 0.626. The molecular weight excluding hydrogens is 440 g/mol. The number of ether oxygens (including phenoxy) is 1. The van der Waals surface area contributed by atoms with Gasteiger partial charge in [0.15, 0.2) is 0 Å². The summed E-state index contributed by atoms with van der Waals surface area (Å²) in [6, 6.07) is 16.5. The molecule has 9 heteroatoms. The first-order chi connectivity index (χ1) is 14.7. The van der Waals surface area contributed by atoms with Crippen LogP contribution in [-0.4, -0.2) is 48.5 Å². The molecule has 2 aromatic carbocycles. The summed E-state index contributed by atoms with van der Waals surface area (Å²) in [6.45, 7) is 2.54. The molecule has 7 nitrogen and oxygen atoms in total. The fourth-order valence-corrected chi connectivity index (χ4v) is 6.35. The van der Waals surface area contributed by atoms with Gasteiger partial charge in [0.1, 0.15) is 5.54 Å². The van der Waals surface area contributed by atoms with Crippen LogP contribution in [0.25, 0.3) is 0 Å². The molecule has 0 radical (unpaired) electrons. The SMILES string of the molecule is CC1[C@H](c2ccccc2)[C@]1(NS(=O)(=O)N1CCC(OCc2cccc(Cl)c2)C1)C(=O)O. The van der Waals surface area contributed by atoms with Gasteiger partial charge in [-0.15, -0.1) is 0 Å². The Bertz CT molecular complexity index is 1060. The van der Waals surface area contributed by atoms with E-state index in [0.717, 1.165) is 11.1 Å². The van der Waals surface area contributed by atoms with Crippen LogP contribution >= 0.6 is 11.6 Å². The molecular formula is C22H25ClN2O5S. The second-order valence-corrected chi connectivity index (χ2v) is 10.3. The van der Waals surface area contributed by atoms with Gasteiger partial charge in [-0.2, -0.15) is 17.4 Å². The van der Waals surface area contributed by atoms with Crippen molar-refractivity contribution in [3.63, 3.8) is 0 Å². The molecule has 0 amide bonds. The van der Waals surface area contributed by atoms with Crippen LogP contribution in [0.2, 0.25) is 5.02 Å². The Balaban J connectivity index is 1.42. The maximum Gasteiger partial charge on any atom is 0.325 e. The van der Waals surface area contributed by atoms with Gasteiger partial charge < -0.3 is 9.84 Å². The predicted octanol–water partition coefficient (Wildman–Crippen LogP) is 3.02. The molecule has 31 heavy (non-hydrogen) atoms. The Morgan fingerprint density at radius 2 is 2.00 bits per heavy atom. The lowest BCUT2D eigenvalue weighted by atomic mass is 10.1. The molecule has 2 unspecified atom stereocenters. The van der Waals surface area contributed by atoms with Crippen LogP contribution in [0, 0.1) is 5.92 Å². The van der Waals surface area contributed by atoms with Gasteiger partial charge in [-0.25, -0.2) is 0 Å². The molecule has 166 valence electrons. The molecule has 1 aliphatic heterocycles. The summed E-state index contributed by atoms with van der Waals surface area (Å²) >= 11 is 5.98. The molecule has 1 aliphatic carbocycles. The topological polar surface area (TPSA) is 95.9 Å². The minimum Gasteiger partial charge on any atom is -0.480 e. The highest BCUT2D eigenvalue weighted by Gasteiger charge is 2.70. The lowest BCUT2D eigenvalue weighted by Crippen LogP contribution is -2.51. The summed E-state index contributed by atoms with van der Waals surface area (Å²) in [5, 5.41) is 10.5. The molecule has 4 atom stereocenters. The van der Waals surface area contributed by atoms with Crippen molar-refractivity contribution < 1.29 is 23.1 Å². The van der Waals surface area contributed by atoms with E-state index in [9.17, 15) is 18.3 Å². The van der Waals surface area contributed by atoms with Crippen molar-refractivity contribution in [3.8, 4) is 0 Å². The monoisotopic (exact) mass is 464 g/mol. The first-order valence-corrected chi connectivity index (χ1v) is 12.0. The molecule has 0 aromatic heterocycles. The Kier molecular flexibility index (Phi) is 6.11. The van der Waals surface area contributed by atoms with Gasteiger partial charge in [0.25, 0.3) is 10.2 Å². The van der Waals surface area contributed by atoms with E-state index >= 15 is 0 Å². The molecule has 1 saturated heterocycles. The van der Waals surface area contributed by atoms with Gasteiger partial charge in [-0.1, -0.05) is 61.0 Å². The zero-order valence-electron chi connectivity index (χ0n) is 17.1. The number of carbonyl (C=O) groups is 1. The molecule has 1 heterocycles. The predicted molar refractivity (Wildman–Crippen MR) is 117 cm³/mol. The molecule has 0 spiro atoms. The lowest BCUT2D eigenvalue weighted by Gasteiger charge is -2.22. The number of carboxylic acids is 1. The molecule has 4 rings (SSSR count). The van der Waals surface area contributed by atoms with Crippen molar-refractivity contribution in [2.24, 2.45) is 5.92 Å². The Morgan fingerprint density at radius 1 is 1.26 bits per heavy atom. The van der Waals surface area contributed by atoms with Crippen LogP contribution < -0.4 is 4.72 Å². The van der Waals surface area contributed by atoms with E-state index in [1.165, 1.54) is 4.31 Å². The van der Waals surface area contributed by atoms with Gasteiger partial charge in [0.05, 0.1) is 12.7 Å². The van der Waals surface area contributed by atoms with Crippen molar-refractivity contribution in [1.29, 1.82) is 0 Å². The van der Waals surface area contributed by atoms with Crippen LogP contribution in [0.15, 0.2) is 54.6 Å². The fourth-order valence-electron chi connectivity index (χ4n) is 4.47. The summed E-state index contributed by atoms with van der Waals surface area (Å²) in [5.74, 6) is -1.94. The molecule has 2 aromatic rings. The van der Waals surface area contributed by atoms with Gasteiger partial charge in [-0.05, 0) is 35.6 Å². The third-order valence-corrected chi connectivity index (χ3v) is 8.07. The number of benzene rings is 2. The zero-order chi connectivity index (χ0) is 22.2. The van der Waals surface area contributed by atoms with Crippen LogP contribution in [0.5, 0.6) is 0 Å². The highest BCUT2D eigenvalue weighted by atomic mass is 35.5. The Morgan fingerprint density at radius 3 is 2.68 bits per heavy atom. The minimum absolute atomic E-state index is 0.177. The van der Waals surface area contributed by atoms with Gasteiger partial charge in [0.2, 0.25) is 0 Å². The molecule has 1 saturated carbocycles. The number of halogens is 1. The summed E-state index contributed by atoms with van der Waals surface area (Å²) in [7, 11) is -4.00. The number of hydrogen-bond donors (Lipinski definition) is 2. The van der Waals surface area contributed by atoms with E-state index in [1.807, 2.05) is 42.5 Å². The number of nitrogens with zero attached hydrogens (tertiary/aromatic N) is 1. The Labute approximate surface area is 187 Å². The fraction of sp³-hybridized carbons (Fsp3) is 0.409. The van der Waals surface area contributed by atoms with Crippen LogP contribution in [0.4, 0.5) is 0 Å². The zero-order valence-corrected chi connectivity index (χ0v) is 18.6. The van der Waals surface area contributed by atoms with Crippen molar-refractivity contribution in [2.75, 3.05) is 13.1 Å². The molecule has 2 aliphatic rings. The van der Waals surface area contributed by atoms with Crippen LogP contribution in [-0.2, 0) is 26.3 Å². The average Bonchev–Trinajstić information content (AvgIpc) is 3.09. The normalized spacial score (nSPS) is 28.5. The van der Waals surface area contributed by atoms with E-state index in [-0.39, 0.29) is 25.1 Å². The summed E-state index contributed by atoms with van der Waals surface area (Å²) in [4.78, 5) is 12.1. The maximum absolute atomic E-state index is 13.1. The van der Waals surface area contributed by atoms with E-state index < -0.39 is 27.6 Å². The summed E-state index contributed by atoms with van der Waals surface area (Å²) in [6.07, 6.45) is 0.275. The van der Waals surface area contributed by atoms with E-state index in [2.05, 4.69) is 4.72 Å². The highest BCUT2D eigenvalue weighted by Crippen LogP contribution is 2.58. The summed E-state index contributed by atoms with van der Waals surface area (Å²) in [5.41, 5.74) is 0.179. The molecule has 2 N–H and O–H groups in total. The smallest absolute Gasteiger partial charge is 0.325 e. The van der Waals surface area contributed by atoms with Gasteiger partial charge in [0, 0.05) is 24.0 Å². The van der Waals surface area contributed by atoms with E-state index in [0.29, 0.717) is 18.1 Å². The van der Waals surface area contributed by atoms with Crippen molar-refractivity contribution in [1.82, 2.24) is 9.03 Å². The Hall–Kier alpha value is -1.97. The number of rotatable bonds is 8. The maximum atomic E-state index is 13.1. The third kappa shape index (κ3) is 4.36. The first kappa shape index (κ1) is 22.2. The average molecular weight is 465 g/mol. The van der Waals surface area contributed by atoms with Gasteiger partial charge in [-0.3, -0.25) is 4.79 Å². The third-order valence-electron chi connectivity index (χ3n) is 6.23.